The van der Waals surface area contributed by atoms with E-state index in [1.54, 1.807) is 0 Å². The number of phenolic OH excluding ortho intramolecular Hbond substituents is 1. The van der Waals surface area contributed by atoms with Gasteiger partial charge in [0, 0.05) is 6.07 Å². The lowest BCUT2D eigenvalue weighted by Crippen LogP contribution is -2.10. The third kappa shape index (κ3) is 4.82. The molecule has 0 aliphatic carbocycles. The molecule has 0 fully saturated rings. The van der Waals surface area contributed by atoms with Gasteiger partial charge in [0.05, 0.1) is 0 Å². The fraction of sp³-hybridized carbons (Fsp3) is 0.167. The van der Waals surface area contributed by atoms with Gasteiger partial charge in [-0.05, 0) is 25.0 Å². The summed E-state index contributed by atoms with van der Waals surface area (Å²) in [4.78, 5) is 24.6. The summed E-state index contributed by atoms with van der Waals surface area (Å²) in [6, 6.07) is 20.1. The number of carbonyl (C=O) groups is 2. The Morgan fingerprint density at radius 3 is 1.72 bits per heavy atom. The molecule has 5 nitrogen and oxygen atoms in total. The Morgan fingerprint density at radius 2 is 1.24 bits per heavy atom. The van der Waals surface area contributed by atoms with E-state index in [9.17, 15) is 14.7 Å². The van der Waals surface area contributed by atoms with E-state index in [1.807, 2.05) is 60.7 Å². The molecule has 0 radical (unpaired) electrons. The van der Waals surface area contributed by atoms with Crippen molar-refractivity contribution in [3.63, 3.8) is 0 Å². The summed E-state index contributed by atoms with van der Waals surface area (Å²) in [6.45, 7) is 3.04. The second kappa shape index (κ2) is 9.06. The Morgan fingerprint density at radius 1 is 0.759 bits per heavy atom. The number of Topliss-reactive ketones (excluding diaryl/α,β-unsaturated/α-hetero) is 2. The van der Waals surface area contributed by atoms with E-state index in [0.717, 1.165) is 11.1 Å². The van der Waals surface area contributed by atoms with Gasteiger partial charge >= 0.3 is 0 Å². The molecule has 0 bridgehead atoms. The van der Waals surface area contributed by atoms with E-state index >= 15 is 0 Å². The lowest BCUT2D eigenvalue weighted by Gasteiger charge is -2.18. The predicted octanol–water partition coefficient (Wildman–Crippen LogP) is 4.96. The van der Waals surface area contributed by atoms with Crippen molar-refractivity contribution in [3.05, 3.63) is 89.0 Å². The minimum Gasteiger partial charge on any atom is -0.507 e. The van der Waals surface area contributed by atoms with Crippen molar-refractivity contribution in [2.45, 2.75) is 27.1 Å². The largest absolute Gasteiger partial charge is 0.507 e. The zero-order valence-corrected chi connectivity index (χ0v) is 16.3. The smallest absolute Gasteiger partial charge is 0.167 e. The zero-order valence-electron chi connectivity index (χ0n) is 16.3. The maximum Gasteiger partial charge on any atom is 0.167 e. The van der Waals surface area contributed by atoms with Gasteiger partial charge in [0.15, 0.2) is 11.6 Å². The maximum absolute atomic E-state index is 12.4. The molecular weight excluding hydrogens is 368 g/mol. The molecule has 5 heteroatoms. The van der Waals surface area contributed by atoms with Gasteiger partial charge in [-0.25, -0.2) is 0 Å². The summed E-state index contributed by atoms with van der Waals surface area (Å²) in [5.41, 5.74) is 1.88. The van der Waals surface area contributed by atoms with Crippen molar-refractivity contribution in [3.8, 4) is 17.2 Å². The first-order valence-electron chi connectivity index (χ1n) is 9.22. The minimum absolute atomic E-state index is 0.0295. The van der Waals surface area contributed by atoms with E-state index in [4.69, 9.17) is 9.47 Å². The number of ketones is 2. The number of hydrogen-bond donors (Lipinski definition) is 1. The molecule has 1 N–H and O–H groups in total. The highest BCUT2D eigenvalue weighted by Gasteiger charge is 2.26. The van der Waals surface area contributed by atoms with Crippen LogP contribution in [-0.2, 0) is 13.2 Å². The molecule has 3 aromatic carbocycles. The van der Waals surface area contributed by atoms with Crippen molar-refractivity contribution in [2.24, 2.45) is 0 Å². The third-order valence-corrected chi connectivity index (χ3v) is 4.39. The number of phenols is 1. The van der Waals surface area contributed by atoms with Gasteiger partial charge in [0.2, 0.25) is 0 Å². The maximum atomic E-state index is 12.4. The highest BCUT2D eigenvalue weighted by molar-refractivity contribution is 6.07. The molecule has 0 unspecified atom stereocenters. The van der Waals surface area contributed by atoms with E-state index < -0.39 is 5.78 Å². The first-order valence-corrected chi connectivity index (χ1v) is 9.22. The summed E-state index contributed by atoms with van der Waals surface area (Å²) >= 11 is 0. The topological polar surface area (TPSA) is 72.8 Å². The van der Waals surface area contributed by atoms with Gasteiger partial charge in [-0.15, -0.1) is 0 Å². The van der Waals surface area contributed by atoms with E-state index in [0.29, 0.717) is 0 Å². The lowest BCUT2D eigenvalue weighted by atomic mass is 10.0. The van der Waals surface area contributed by atoms with Crippen molar-refractivity contribution in [1.29, 1.82) is 0 Å². The van der Waals surface area contributed by atoms with Crippen LogP contribution in [0, 0.1) is 0 Å². The molecule has 0 heterocycles. The molecule has 0 atom stereocenters. The van der Waals surface area contributed by atoms with Crippen LogP contribution in [-0.4, -0.2) is 16.7 Å². The molecule has 0 amide bonds. The van der Waals surface area contributed by atoms with Crippen LogP contribution < -0.4 is 9.47 Å². The monoisotopic (exact) mass is 390 g/mol. The Kier molecular flexibility index (Phi) is 6.29. The van der Waals surface area contributed by atoms with Crippen LogP contribution in [0.5, 0.6) is 17.2 Å². The van der Waals surface area contributed by atoms with E-state index in [-0.39, 0.29) is 47.4 Å². The van der Waals surface area contributed by atoms with Gasteiger partial charge in [0.25, 0.3) is 0 Å². The Balaban J connectivity index is 2.01. The van der Waals surface area contributed by atoms with Gasteiger partial charge < -0.3 is 14.6 Å². The van der Waals surface area contributed by atoms with Gasteiger partial charge in [-0.1, -0.05) is 60.7 Å². The molecule has 0 spiro atoms. The van der Waals surface area contributed by atoms with Gasteiger partial charge in [0.1, 0.15) is 41.6 Å². The second-order valence-electron chi connectivity index (χ2n) is 6.63. The number of aromatic hydroxyl groups is 1. The van der Waals surface area contributed by atoms with Crippen molar-refractivity contribution < 1.29 is 24.2 Å². The average molecular weight is 390 g/mol. The highest BCUT2D eigenvalue weighted by Crippen LogP contribution is 2.40. The van der Waals surface area contributed by atoms with Crippen molar-refractivity contribution in [1.82, 2.24) is 0 Å². The fourth-order valence-electron chi connectivity index (χ4n) is 3.02. The summed E-state index contributed by atoms with van der Waals surface area (Å²) in [7, 11) is 0. The number of ether oxygens (including phenoxy) is 2. The van der Waals surface area contributed by atoms with Crippen LogP contribution in [0.3, 0.4) is 0 Å². The van der Waals surface area contributed by atoms with Gasteiger partial charge in [-0.3, -0.25) is 9.59 Å². The highest BCUT2D eigenvalue weighted by atomic mass is 16.5. The van der Waals surface area contributed by atoms with Crippen LogP contribution >= 0.6 is 0 Å². The van der Waals surface area contributed by atoms with Crippen molar-refractivity contribution >= 4 is 11.6 Å². The first-order chi connectivity index (χ1) is 14.0. The molecule has 3 rings (SSSR count). The standard InChI is InChI=1S/C24H22O5/c1-16(25)22-20(27)13-21(28-14-18-9-5-3-6-10-18)23(17(2)26)24(22)29-15-19-11-7-4-8-12-19/h3-13,27H,14-15H2,1-2H3. The normalized spacial score (nSPS) is 10.4. The summed E-state index contributed by atoms with van der Waals surface area (Å²) in [5, 5.41) is 10.5. The van der Waals surface area contributed by atoms with E-state index in [1.165, 1.54) is 19.9 Å². The fourth-order valence-corrected chi connectivity index (χ4v) is 3.02. The minimum atomic E-state index is -0.400. The van der Waals surface area contributed by atoms with Crippen LogP contribution in [0.1, 0.15) is 45.7 Å². The number of benzene rings is 3. The summed E-state index contributed by atoms with van der Waals surface area (Å²) in [5.74, 6) is -0.793. The number of rotatable bonds is 8. The van der Waals surface area contributed by atoms with Crippen molar-refractivity contribution in [2.75, 3.05) is 0 Å². The number of carbonyl (C=O) groups excluding carboxylic acids is 2. The quantitative estimate of drug-likeness (QED) is 0.551. The molecule has 0 aromatic heterocycles. The van der Waals surface area contributed by atoms with Crippen LogP contribution in [0.25, 0.3) is 0 Å². The second-order valence-corrected chi connectivity index (χ2v) is 6.63. The summed E-state index contributed by atoms with van der Waals surface area (Å²) in [6.07, 6.45) is 0. The average Bonchev–Trinajstić information content (AvgIpc) is 2.71. The Labute approximate surface area is 169 Å². The Bertz CT molecular complexity index is 1010. The lowest BCUT2D eigenvalue weighted by molar-refractivity contribution is 0.100. The molecular formula is C24H22O5. The summed E-state index contributed by atoms with van der Waals surface area (Å²) < 4.78 is 11.7. The zero-order chi connectivity index (χ0) is 20.8. The van der Waals surface area contributed by atoms with Crippen LogP contribution in [0.2, 0.25) is 0 Å². The molecule has 0 aliphatic heterocycles. The molecule has 0 saturated heterocycles. The molecule has 0 aliphatic rings. The van der Waals surface area contributed by atoms with Crippen LogP contribution in [0.4, 0.5) is 0 Å². The van der Waals surface area contributed by atoms with Gasteiger partial charge in [-0.2, -0.15) is 0 Å². The SMILES string of the molecule is CC(=O)c1c(O)cc(OCc2ccccc2)c(C(C)=O)c1OCc1ccccc1. The molecule has 29 heavy (non-hydrogen) atoms. The van der Waals surface area contributed by atoms with Crippen LogP contribution in [0.15, 0.2) is 66.7 Å². The molecule has 0 saturated carbocycles. The molecule has 148 valence electrons. The molecule has 3 aromatic rings. The first kappa shape index (κ1) is 20.1. The van der Waals surface area contributed by atoms with E-state index in [2.05, 4.69) is 0 Å². The third-order valence-electron chi connectivity index (χ3n) is 4.39. The predicted molar refractivity (Wildman–Crippen MR) is 110 cm³/mol. The Hall–Kier alpha value is -3.60. The number of hydrogen-bond acceptors (Lipinski definition) is 5.